The van der Waals surface area contributed by atoms with Gasteiger partial charge in [-0.15, -0.1) is 0 Å². The zero-order valence-corrected chi connectivity index (χ0v) is 13.1. The van der Waals surface area contributed by atoms with Crippen LogP contribution in [0.5, 0.6) is 0 Å². The third-order valence-corrected chi connectivity index (χ3v) is 3.94. The lowest BCUT2D eigenvalue weighted by molar-refractivity contribution is 0.576. The van der Waals surface area contributed by atoms with Crippen molar-refractivity contribution < 1.29 is 0 Å². The van der Waals surface area contributed by atoms with Crippen molar-refractivity contribution in [1.29, 1.82) is 0 Å². The maximum Gasteiger partial charge on any atom is 0.188 e. The van der Waals surface area contributed by atoms with E-state index in [4.69, 9.17) is 5.73 Å². The molecule has 0 spiro atoms. The Morgan fingerprint density at radius 3 is 2.76 bits per heavy atom. The first kappa shape index (κ1) is 15.7. The number of unbranched alkanes of at least 4 members (excludes halogenated alkanes) is 1. The standard InChI is InChI=1S/C17H28N4/c1-2-3-11-19-17(18)20-14-15-9-5-6-10-16(15)21-12-7-4-8-13-21/h5-6,9-10H,2-4,7-8,11-14H2,1H3,(H3,18,19,20). The van der Waals surface area contributed by atoms with E-state index in [9.17, 15) is 0 Å². The van der Waals surface area contributed by atoms with Gasteiger partial charge in [-0.05, 0) is 37.3 Å². The molecule has 0 aliphatic carbocycles. The van der Waals surface area contributed by atoms with Crippen LogP contribution in [0.4, 0.5) is 5.69 Å². The van der Waals surface area contributed by atoms with Crippen LogP contribution >= 0.6 is 0 Å². The summed E-state index contributed by atoms with van der Waals surface area (Å²) in [6.45, 7) is 6.04. The van der Waals surface area contributed by atoms with Gasteiger partial charge in [0.2, 0.25) is 0 Å². The second kappa shape index (κ2) is 8.55. The summed E-state index contributed by atoms with van der Waals surface area (Å²) in [6.07, 6.45) is 6.22. The van der Waals surface area contributed by atoms with Gasteiger partial charge in [0.1, 0.15) is 0 Å². The minimum Gasteiger partial charge on any atom is -0.371 e. The van der Waals surface area contributed by atoms with E-state index in [-0.39, 0.29) is 0 Å². The monoisotopic (exact) mass is 288 g/mol. The first-order valence-electron chi connectivity index (χ1n) is 8.18. The fourth-order valence-electron chi connectivity index (χ4n) is 2.71. The normalized spacial score (nSPS) is 16.0. The van der Waals surface area contributed by atoms with E-state index in [2.05, 4.69) is 46.4 Å². The molecule has 0 unspecified atom stereocenters. The molecule has 0 radical (unpaired) electrons. The molecule has 1 saturated heterocycles. The van der Waals surface area contributed by atoms with Gasteiger partial charge < -0.3 is 16.0 Å². The summed E-state index contributed by atoms with van der Waals surface area (Å²) in [6, 6.07) is 8.56. The molecule has 1 aromatic rings. The number of hydrogen-bond acceptors (Lipinski definition) is 2. The van der Waals surface area contributed by atoms with Crippen LogP contribution in [-0.2, 0) is 6.54 Å². The molecular formula is C17H28N4. The van der Waals surface area contributed by atoms with Crippen LogP contribution in [0.3, 0.4) is 0 Å². The van der Waals surface area contributed by atoms with E-state index >= 15 is 0 Å². The summed E-state index contributed by atoms with van der Waals surface area (Å²) in [4.78, 5) is 6.96. The van der Waals surface area contributed by atoms with Crippen molar-refractivity contribution in [2.75, 3.05) is 24.5 Å². The molecule has 1 aliphatic heterocycles. The molecular weight excluding hydrogens is 260 g/mol. The zero-order chi connectivity index (χ0) is 14.9. The van der Waals surface area contributed by atoms with Gasteiger partial charge in [0.05, 0.1) is 6.54 Å². The molecule has 2 rings (SSSR count). The van der Waals surface area contributed by atoms with Gasteiger partial charge in [-0.2, -0.15) is 0 Å². The summed E-state index contributed by atoms with van der Waals surface area (Å²) in [5, 5.41) is 3.17. The lowest BCUT2D eigenvalue weighted by Crippen LogP contribution is -2.32. The van der Waals surface area contributed by atoms with Gasteiger partial charge in [-0.3, -0.25) is 0 Å². The first-order valence-corrected chi connectivity index (χ1v) is 8.18. The maximum atomic E-state index is 5.92. The second-order valence-electron chi connectivity index (χ2n) is 5.66. The van der Waals surface area contributed by atoms with E-state index in [1.54, 1.807) is 0 Å². The quantitative estimate of drug-likeness (QED) is 0.481. The molecule has 1 aromatic carbocycles. The minimum absolute atomic E-state index is 0.553. The van der Waals surface area contributed by atoms with E-state index in [1.807, 2.05) is 0 Å². The molecule has 21 heavy (non-hydrogen) atoms. The van der Waals surface area contributed by atoms with Crippen molar-refractivity contribution in [2.24, 2.45) is 10.7 Å². The fraction of sp³-hybridized carbons (Fsp3) is 0.588. The van der Waals surface area contributed by atoms with Gasteiger partial charge in [0.15, 0.2) is 5.96 Å². The van der Waals surface area contributed by atoms with Gasteiger partial charge >= 0.3 is 0 Å². The Balaban J connectivity index is 1.97. The Morgan fingerprint density at radius 1 is 1.24 bits per heavy atom. The molecule has 1 heterocycles. The Hall–Kier alpha value is -1.71. The van der Waals surface area contributed by atoms with Gasteiger partial charge in [-0.1, -0.05) is 31.5 Å². The summed E-state index contributed by atoms with van der Waals surface area (Å²) < 4.78 is 0. The number of guanidine groups is 1. The molecule has 4 heteroatoms. The summed E-state index contributed by atoms with van der Waals surface area (Å²) >= 11 is 0. The summed E-state index contributed by atoms with van der Waals surface area (Å²) in [5.41, 5.74) is 8.50. The fourth-order valence-corrected chi connectivity index (χ4v) is 2.71. The predicted molar refractivity (Wildman–Crippen MR) is 90.7 cm³/mol. The smallest absolute Gasteiger partial charge is 0.188 e. The van der Waals surface area contributed by atoms with Crippen LogP contribution in [0.2, 0.25) is 0 Å². The average molecular weight is 288 g/mol. The summed E-state index contributed by atoms with van der Waals surface area (Å²) in [5.74, 6) is 0.553. The number of rotatable bonds is 6. The number of anilines is 1. The van der Waals surface area contributed by atoms with Crippen molar-refractivity contribution in [3.8, 4) is 0 Å². The first-order chi connectivity index (χ1) is 10.3. The van der Waals surface area contributed by atoms with Crippen LogP contribution in [0.25, 0.3) is 0 Å². The SMILES string of the molecule is CCCCNC(N)=NCc1ccccc1N1CCCCC1. The van der Waals surface area contributed by atoms with E-state index < -0.39 is 0 Å². The highest BCUT2D eigenvalue weighted by Crippen LogP contribution is 2.24. The van der Waals surface area contributed by atoms with Crippen molar-refractivity contribution in [1.82, 2.24) is 5.32 Å². The lowest BCUT2D eigenvalue weighted by atomic mass is 10.1. The van der Waals surface area contributed by atoms with Crippen molar-refractivity contribution in [2.45, 2.75) is 45.6 Å². The van der Waals surface area contributed by atoms with Crippen LogP contribution in [0, 0.1) is 0 Å². The summed E-state index contributed by atoms with van der Waals surface area (Å²) in [7, 11) is 0. The number of para-hydroxylation sites is 1. The van der Waals surface area contributed by atoms with Crippen molar-refractivity contribution in [3.05, 3.63) is 29.8 Å². The number of hydrogen-bond donors (Lipinski definition) is 2. The largest absolute Gasteiger partial charge is 0.371 e. The van der Waals surface area contributed by atoms with Crippen LogP contribution < -0.4 is 16.0 Å². The molecule has 4 nitrogen and oxygen atoms in total. The third-order valence-electron chi connectivity index (χ3n) is 3.94. The van der Waals surface area contributed by atoms with Crippen molar-refractivity contribution in [3.63, 3.8) is 0 Å². The molecule has 1 fully saturated rings. The minimum atomic E-state index is 0.553. The Kier molecular flexibility index (Phi) is 6.38. The van der Waals surface area contributed by atoms with Gasteiger partial charge in [-0.25, -0.2) is 4.99 Å². The molecule has 0 saturated carbocycles. The lowest BCUT2D eigenvalue weighted by Gasteiger charge is -2.30. The number of aliphatic imine (C=N–C) groups is 1. The zero-order valence-electron chi connectivity index (χ0n) is 13.1. The topological polar surface area (TPSA) is 53.6 Å². The molecule has 0 aromatic heterocycles. The molecule has 0 amide bonds. The van der Waals surface area contributed by atoms with Crippen LogP contribution in [0.15, 0.2) is 29.3 Å². The number of benzene rings is 1. The van der Waals surface area contributed by atoms with Crippen LogP contribution in [-0.4, -0.2) is 25.6 Å². The van der Waals surface area contributed by atoms with E-state index in [0.29, 0.717) is 12.5 Å². The highest BCUT2D eigenvalue weighted by atomic mass is 15.1. The highest BCUT2D eigenvalue weighted by molar-refractivity contribution is 5.77. The Labute approximate surface area is 128 Å². The van der Waals surface area contributed by atoms with Gasteiger partial charge in [0.25, 0.3) is 0 Å². The third kappa shape index (κ3) is 4.96. The average Bonchev–Trinajstić information content (AvgIpc) is 2.54. The molecule has 116 valence electrons. The number of nitrogens with zero attached hydrogens (tertiary/aromatic N) is 2. The predicted octanol–water partition coefficient (Wildman–Crippen LogP) is 2.88. The molecule has 0 atom stereocenters. The molecule has 3 N–H and O–H groups in total. The van der Waals surface area contributed by atoms with Gasteiger partial charge in [0, 0.05) is 25.3 Å². The van der Waals surface area contributed by atoms with Crippen molar-refractivity contribution >= 4 is 11.6 Å². The Morgan fingerprint density at radius 2 is 2.00 bits per heavy atom. The Bertz CT molecular complexity index is 450. The van der Waals surface area contributed by atoms with E-state index in [0.717, 1.165) is 32.5 Å². The highest BCUT2D eigenvalue weighted by Gasteiger charge is 2.13. The number of nitrogens with one attached hydrogen (secondary N) is 1. The second-order valence-corrected chi connectivity index (χ2v) is 5.66. The number of nitrogens with two attached hydrogens (primary N) is 1. The number of piperidine rings is 1. The molecule has 1 aliphatic rings. The maximum absolute atomic E-state index is 5.92. The van der Waals surface area contributed by atoms with Crippen LogP contribution in [0.1, 0.15) is 44.6 Å². The van der Waals surface area contributed by atoms with E-state index in [1.165, 1.54) is 30.5 Å². The molecule has 0 bridgehead atoms.